The summed E-state index contributed by atoms with van der Waals surface area (Å²) in [6, 6.07) is 5.90. The number of nitrogens with one attached hydrogen (secondary N) is 2. The van der Waals surface area contributed by atoms with Crippen molar-refractivity contribution < 1.29 is 14.3 Å². The third-order valence-corrected chi connectivity index (χ3v) is 3.71. The molecule has 1 fully saturated rings. The molecule has 0 unspecified atom stereocenters. The molecule has 2 heterocycles. The minimum atomic E-state index is -0.0973. The molecule has 0 atom stereocenters. The molecule has 0 aromatic heterocycles. The first-order valence-corrected chi connectivity index (χ1v) is 7.38. The molecule has 0 radical (unpaired) electrons. The summed E-state index contributed by atoms with van der Waals surface area (Å²) in [5.74, 6) is 0.645. The highest BCUT2D eigenvalue weighted by molar-refractivity contribution is 5.95. The summed E-state index contributed by atoms with van der Waals surface area (Å²) in [6.45, 7) is 6.58. The maximum atomic E-state index is 11.3. The van der Waals surface area contributed by atoms with Crippen LogP contribution in [-0.4, -0.2) is 56.8 Å². The van der Waals surface area contributed by atoms with Crippen molar-refractivity contribution in [2.24, 2.45) is 0 Å². The second-order valence-corrected chi connectivity index (χ2v) is 5.30. The van der Waals surface area contributed by atoms with Gasteiger partial charge in [0.05, 0.1) is 18.9 Å². The van der Waals surface area contributed by atoms with Crippen LogP contribution in [0.4, 0.5) is 5.69 Å². The molecule has 0 spiro atoms. The molecular formula is C15H21N3O3. The van der Waals surface area contributed by atoms with Gasteiger partial charge in [0.25, 0.3) is 5.91 Å². The SMILES string of the molecule is O=C1COc2ccc(CNCCN3CCOCC3)cc2N1. The number of hydrogen-bond acceptors (Lipinski definition) is 5. The normalized spacial score (nSPS) is 18.8. The van der Waals surface area contributed by atoms with Crippen LogP contribution in [0.3, 0.4) is 0 Å². The zero-order chi connectivity index (χ0) is 14.5. The number of ether oxygens (including phenoxy) is 2. The van der Waals surface area contributed by atoms with Crippen LogP contribution in [0.2, 0.25) is 0 Å². The Hall–Kier alpha value is -1.63. The third kappa shape index (κ3) is 3.93. The van der Waals surface area contributed by atoms with Crippen molar-refractivity contribution in [2.75, 3.05) is 51.3 Å². The number of hydrogen-bond donors (Lipinski definition) is 2. The second-order valence-electron chi connectivity index (χ2n) is 5.30. The molecule has 1 saturated heterocycles. The lowest BCUT2D eigenvalue weighted by Crippen LogP contribution is -2.40. The van der Waals surface area contributed by atoms with Crippen LogP contribution < -0.4 is 15.4 Å². The molecule has 2 aliphatic heterocycles. The van der Waals surface area contributed by atoms with Gasteiger partial charge < -0.3 is 20.1 Å². The Balaban J connectivity index is 1.45. The standard InChI is InChI=1S/C15H21N3O3/c19-15-11-21-14-2-1-12(9-13(14)17-15)10-16-3-4-18-5-7-20-8-6-18/h1-2,9,16H,3-8,10-11H2,(H,17,19). The fourth-order valence-electron chi connectivity index (χ4n) is 2.53. The number of nitrogens with zero attached hydrogens (tertiary/aromatic N) is 1. The van der Waals surface area contributed by atoms with E-state index >= 15 is 0 Å². The molecule has 0 saturated carbocycles. The van der Waals surface area contributed by atoms with Crippen molar-refractivity contribution in [1.29, 1.82) is 0 Å². The van der Waals surface area contributed by atoms with Crippen LogP contribution in [0.5, 0.6) is 5.75 Å². The Morgan fingerprint density at radius 2 is 2.14 bits per heavy atom. The molecule has 1 amide bonds. The largest absolute Gasteiger partial charge is 0.482 e. The highest BCUT2D eigenvalue weighted by Gasteiger charge is 2.15. The number of anilines is 1. The summed E-state index contributed by atoms with van der Waals surface area (Å²) in [5, 5.41) is 6.26. The Morgan fingerprint density at radius 3 is 3.00 bits per heavy atom. The second kappa shape index (κ2) is 6.89. The number of carbonyl (C=O) groups excluding carboxylic acids is 1. The first kappa shape index (κ1) is 14.3. The molecule has 21 heavy (non-hydrogen) atoms. The van der Waals surface area contributed by atoms with Crippen molar-refractivity contribution in [3.63, 3.8) is 0 Å². The molecule has 2 aliphatic rings. The first-order valence-electron chi connectivity index (χ1n) is 7.38. The van der Waals surface area contributed by atoms with E-state index in [1.807, 2.05) is 18.2 Å². The van der Waals surface area contributed by atoms with Gasteiger partial charge in [-0.15, -0.1) is 0 Å². The summed E-state index contributed by atoms with van der Waals surface area (Å²) < 4.78 is 10.7. The molecule has 3 rings (SSSR count). The van der Waals surface area contributed by atoms with Crippen molar-refractivity contribution in [2.45, 2.75) is 6.54 Å². The van der Waals surface area contributed by atoms with Gasteiger partial charge in [-0.25, -0.2) is 0 Å². The van der Waals surface area contributed by atoms with E-state index in [9.17, 15) is 4.79 Å². The summed E-state index contributed by atoms with van der Waals surface area (Å²) in [6.07, 6.45) is 0. The van der Waals surface area contributed by atoms with E-state index in [1.54, 1.807) is 0 Å². The molecule has 1 aromatic rings. The van der Waals surface area contributed by atoms with Gasteiger partial charge in [-0.1, -0.05) is 6.07 Å². The maximum absolute atomic E-state index is 11.3. The fraction of sp³-hybridized carbons (Fsp3) is 0.533. The van der Waals surface area contributed by atoms with Crippen molar-refractivity contribution >= 4 is 11.6 Å². The van der Waals surface area contributed by atoms with Gasteiger partial charge in [-0.3, -0.25) is 9.69 Å². The lowest BCUT2D eigenvalue weighted by molar-refractivity contribution is -0.118. The van der Waals surface area contributed by atoms with Gasteiger partial charge in [-0.05, 0) is 17.7 Å². The molecule has 6 nitrogen and oxygen atoms in total. The fourth-order valence-corrected chi connectivity index (χ4v) is 2.53. The van der Waals surface area contributed by atoms with Crippen molar-refractivity contribution in [1.82, 2.24) is 10.2 Å². The van der Waals surface area contributed by atoms with Gasteiger partial charge in [0.1, 0.15) is 5.75 Å². The van der Waals surface area contributed by atoms with Crippen molar-refractivity contribution in [3.05, 3.63) is 23.8 Å². The maximum Gasteiger partial charge on any atom is 0.262 e. The third-order valence-electron chi connectivity index (χ3n) is 3.71. The highest BCUT2D eigenvalue weighted by atomic mass is 16.5. The molecule has 0 bridgehead atoms. The number of rotatable bonds is 5. The zero-order valence-corrected chi connectivity index (χ0v) is 12.1. The average Bonchev–Trinajstić information content (AvgIpc) is 2.52. The Morgan fingerprint density at radius 1 is 1.29 bits per heavy atom. The Kier molecular flexibility index (Phi) is 4.69. The van der Waals surface area contributed by atoms with Gasteiger partial charge in [0, 0.05) is 32.7 Å². The summed E-state index contributed by atoms with van der Waals surface area (Å²) >= 11 is 0. The Bertz CT molecular complexity index is 501. The number of carbonyl (C=O) groups is 1. The van der Waals surface area contributed by atoms with Crippen LogP contribution in [0, 0.1) is 0 Å². The predicted molar refractivity (Wildman–Crippen MR) is 79.5 cm³/mol. The monoisotopic (exact) mass is 291 g/mol. The number of amides is 1. The first-order chi connectivity index (χ1) is 10.3. The summed E-state index contributed by atoms with van der Waals surface area (Å²) in [7, 11) is 0. The molecule has 1 aromatic carbocycles. The minimum absolute atomic E-state index is 0.0973. The number of fused-ring (bicyclic) bond motifs is 1. The smallest absolute Gasteiger partial charge is 0.262 e. The van der Waals surface area contributed by atoms with E-state index in [2.05, 4.69) is 15.5 Å². The van der Waals surface area contributed by atoms with E-state index in [-0.39, 0.29) is 12.5 Å². The van der Waals surface area contributed by atoms with Crippen molar-refractivity contribution in [3.8, 4) is 5.75 Å². The van der Waals surface area contributed by atoms with Crippen LogP contribution in [-0.2, 0) is 16.1 Å². The Labute approximate surface area is 124 Å². The molecular weight excluding hydrogens is 270 g/mol. The minimum Gasteiger partial charge on any atom is -0.482 e. The van der Waals surface area contributed by atoms with E-state index in [0.29, 0.717) is 0 Å². The lowest BCUT2D eigenvalue weighted by atomic mass is 10.1. The van der Waals surface area contributed by atoms with E-state index in [0.717, 1.165) is 62.9 Å². The van der Waals surface area contributed by atoms with Crippen LogP contribution >= 0.6 is 0 Å². The zero-order valence-electron chi connectivity index (χ0n) is 12.1. The molecule has 0 aliphatic carbocycles. The molecule has 2 N–H and O–H groups in total. The van der Waals surface area contributed by atoms with Gasteiger partial charge in [-0.2, -0.15) is 0 Å². The lowest BCUT2D eigenvalue weighted by Gasteiger charge is -2.26. The van der Waals surface area contributed by atoms with Gasteiger partial charge in [0.2, 0.25) is 0 Å². The van der Waals surface area contributed by atoms with Crippen LogP contribution in [0.25, 0.3) is 0 Å². The highest BCUT2D eigenvalue weighted by Crippen LogP contribution is 2.28. The summed E-state index contributed by atoms with van der Waals surface area (Å²) in [4.78, 5) is 13.7. The van der Waals surface area contributed by atoms with Crippen LogP contribution in [0.15, 0.2) is 18.2 Å². The predicted octanol–water partition coefficient (Wildman–Crippen LogP) is 0.439. The average molecular weight is 291 g/mol. The molecule has 114 valence electrons. The van der Waals surface area contributed by atoms with Crippen LogP contribution in [0.1, 0.15) is 5.56 Å². The summed E-state index contributed by atoms with van der Waals surface area (Å²) in [5.41, 5.74) is 1.90. The van der Waals surface area contributed by atoms with Gasteiger partial charge in [0.15, 0.2) is 6.61 Å². The van der Waals surface area contributed by atoms with Gasteiger partial charge >= 0.3 is 0 Å². The molecule has 6 heteroatoms. The van der Waals surface area contributed by atoms with E-state index in [4.69, 9.17) is 9.47 Å². The van der Waals surface area contributed by atoms with E-state index in [1.165, 1.54) is 0 Å². The topological polar surface area (TPSA) is 62.8 Å². The quantitative estimate of drug-likeness (QED) is 0.771. The number of morpholine rings is 1. The number of benzene rings is 1. The van der Waals surface area contributed by atoms with E-state index < -0.39 is 0 Å².